The molecule has 0 N–H and O–H groups in total. The maximum atomic E-state index is 8.21. The van der Waals surface area contributed by atoms with Gasteiger partial charge in [0.2, 0.25) is 0 Å². The monoisotopic (exact) mass is 141 g/mol. The van der Waals surface area contributed by atoms with Crippen LogP contribution in [0.1, 0.15) is 5.56 Å². The lowest BCUT2D eigenvalue weighted by molar-refractivity contribution is 0.567. The fourth-order valence-corrected chi connectivity index (χ4v) is 0.712. The van der Waals surface area contributed by atoms with Gasteiger partial charge < -0.3 is 4.42 Å². The second-order valence-electron chi connectivity index (χ2n) is 1.55. The van der Waals surface area contributed by atoms with Gasteiger partial charge in [-0.3, -0.25) is 0 Å². The molecule has 0 atom stereocenters. The average molecular weight is 142 g/mol. The van der Waals surface area contributed by atoms with Crippen molar-refractivity contribution in [2.24, 2.45) is 0 Å². The van der Waals surface area contributed by atoms with E-state index in [1.54, 1.807) is 6.07 Å². The second kappa shape index (κ2) is 2.56. The maximum Gasteiger partial charge on any atom is 0.197 e. The van der Waals surface area contributed by atoms with Crippen LogP contribution in [0.5, 0.6) is 0 Å². The predicted molar refractivity (Wildman–Crippen MR) is 33.0 cm³/mol. The zero-order chi connectivity index (χ0) is 6.69. The third kappa shape index (κ3) is 1.24. The van der Waals surface area contributed by atoms with E-state index in [1.807, 2.05) is 6.07 Å². The normalized spacial score (nSPS) is 8.89. The Kier molecular flexibility index (Phi) is 1.76. The molecule has 0 aliphatic rings. The van der Waals surface area contributed by atoms with Gasteiger partial charge in [0.25, 0.3) is 0 Å². The Hall–Kier alpha value is -0.940. The van der Waals surface area contributed by atoms with E-state index in [-0.39, 0.29) is 0 Å². The zero-order valence-electron chi connectivity index (χ0n) is 4.60. The van der Waals surface area contributed by atoms with E-state index in [4.69, 9.17) is 21.3 Å². The van der Waals surface area contributed by atoms with Crippen LogP contribution in [-0.4, -0.2) is 0 Å². The Balaban J connectivity index is 2.84. The molecule has 0 spiro atoms. The largest absolute Gasteiger partial charge is 0.453 e. The lowest BCUT2D eigenvalue weighted by Gasteiger charge is -1.82. The number of nitriles is 1. The number of hydrogen-bond donors (Lipinski definition) is 0. The molecule has 1 heterocycles. The number of nitrogens with zero attached hydrogens (tertiary/aromatic N) is 1. The van der Waals surface area contributed by atoms with Crippen molar-refractivity contribution in [2.75, 3.05) is 0 Å². The molecule has 3 heteroatoms. The second-order valence-corrected chi connectivity index (χ2v) is 1.90. The molecule has 1 aromatic heterocycles. The van der Waals surface area contributed by atoms with E-state index in [1.165, 1.54) is 6.26 Å². The van der Waals surface area contributed by atoms with Crippen LogP contribution in [0.4, 0.5) is 0 Å². The van der Waals surface area contributed by atoms with Crippen LogP contribution in [0.2, 0.25) is 5.22 Å². The minimum Gasteiger partial charge on any atom is -0.453 e. The first-order valence-corrected chi connectivity index (χ1v) is 2.81. The standard InChI is InChI=1S/C6H4ClNO/c7-6-5(1-3-8)2-4-9-6/h2,4H,1H2. The lowest BCUT2D eigenvalue weighted by Crippen LogP contribution is -1.74. The van der Waals surface area contributed by atoms with Crippen molar-refractivity contribution in [1.29, 1.82) is 5.26 Å². The molecule has 0 saturated carbocycles. The highest BCUT2D eigenvalue weighted by Crippen LogP contribution is 2.16. The third-order valence-corrected chi connectivity index (χ3v) is 1.29. The molecule has 0 fully saturated rings. The Morgan fingerprint density at radius 1 is 1.78 bits per heavy atom. The molecule has 0 saturated heterocycles. The first kappa shape index (κ1) is 6.18. The van der Waals surface area contributed by atoms with Crippen molar-refractivity contribution in [1.82, 2.24) is 0 Å². The summed E-state index contributed by atoms with van der Waals surface area (Å²) in [6.07, 6.45) is 1.78. The molecule has 0 amide bonds. The molecule has 0 aromatic carbocycles. The highest BCUT2D eigenvalue weighted by atomic mass is 35.5. The van der Waals surface area contributed by atoms with Crippen LogP contribution in [0.3, 0.4) is 0 Å². The molecule has 1 rings (SSSR count). The fourth-order valence-electron chi connectivity index (χ4n) is 0.531. The Morgan fingerprint density at radius 2 is 2.56 bits per heavy atom. The molecule has 0 aliphatic heterocycles. The van der Waals surface area contributed by atoms with Crippen LogP contribution in [0, 0.1) is 11.3 Å². The van der Waals surface area contributed by atoms with Gasteiger partial charge in [-0.05, 0) is 17.7 Å². The van der Waals surface area contributed by atoms with Gasteiger partial charge in [0.15, 0.2) is 5.22 Å². The number of rotatable bonds is 1. The third-order valence-electron chi connectivity index (χ3n) is 0.963. The Morgan fingerprint density at radius 3 is 3.00 bits per heavy atom. The number of halogens is 1. The molecule has 0 bridgehead atoms. The van der Waals surface area contributed by atoms with Gasteiger partial charge in [-0.1, -0.05) is 0 Å². The minimum atomic E-state index is 0.315. The Labute approximate surface area is 57.7 Å². The van der Waals surface area contributed by atoms with Crippen LogP contribution < -0.4 is 0 Å². The topological polar surface area (TPSA) is 36.9 Å². The molecule has 0 aliphatic carbocycles. The minimum absolute atomic E-state index is 0.315. The lowest BCUT2D eigenvalue weighted by atomic mass is 10.3. The van der Waals surface area contributed by atoms with Crippen molar-refractivity contribution in [3.8, 4) is 6.07 Å². The molecule has 9 heavy (non-hydrogen) atoms. The van der Waals surface area contributed by atoms with Gasteiger partial charge in [-0.25, -0.2) is 0 Å². The summed E-state index contributed by atoms with van der Waals surface area (Å²) in [7, 11) is 0. The smallest absolute Gasteiger partial charge is 0.197 e. The highest BCUT2D eigenvalue weighted by molar-refractivity contribution is 6.29. The van der Waals surface area contributed by atoms with E-state index in [0.29, 0.717) is 11.6 Å². The van der Waals surface area contributed by atoms with Crippen molar-refractivity contribution in [3.63, 3.8) is 0 Å². The summed E-state index contributed by atoms with van der Waals surface area (Å²) in [5, 5.41) is 8.53. The Bertz CT molecular complexity index is 235. The summed E-state index contributed by atoms with van der Waals surface area (Å²) in [6.45, 7) is 0. The van der Waals surface area contributed by atoms with E-state index < -0.39 is 0 Å². The summed E-state index contributed by atoms with van der Waals surface area (Å²) in [5.41, 5.74) is 0.749. The maximum absolute atomic E-state index is 8.21. The molecular weight excluding hydrogens is 138 g/mol. The molecule has 1 aromatic rings. The fraction of sp³-hybridized carbons (Fsp3) is 0.167. The van der Waals surface area contributed by atoms with Crippen molar-refractivity contribution in [3.05, 3.63) is 23.1 Å². The summed E-state index contributed by atoms with van der Waals surface area (Å²) in [4.78, 5) is 0. The van der Waals surface area contributed by atoms with E-state index in [0.717, 1.165) is 5.56 Å². The SMILES string of the molecule is N#CCc1ccoc1Cl. The average Bonchev–Trinajstić information content (AvgIpc) is 2.18. The summed E-state index contributed by atoms with van der Waals surface area (Å²) < 4.78 is 4.73. The van der Waals surface area contributed by atoms with Gasteiger partial charge in [-0.15, -0.1) is 0 Å². The summed E-state index contributed by atoms with van der Waals surface area (Å²) >= 11 is 5.50. The molecule has 0 radical (unpaired) electrons. The van der Waals surface area contributed by atoms with Gasteiger partial charge in [0.1, 0.15) is 0 Å². The zero-order valence-corrected chi connectivity index (χ0v) is 5.35. The molecule has 46 valence electrons. The number of furan rings is 1. The molecule has 0 unspecified atom stereocenters. The van der Waals surface area contributed by atoms with Crippen molar-refractivity contribution < 1.29 is 4.42 Å². The molecule has 2 nitrogen and oxygen atoms in total. The number of hydrogen-bond acceptors (Lipinski definition) is 2. The van der Waals surface area contributed by atoms with Crippen LogP contribution >= 0.6 is 11.6 Å². The van der Waals surface area contributed by atoms with Crippen LogP contribution in [-0.2, 0) is 6.42 Å². The molecular formula is C6H4ClNO. The van der Waals surface area contributed by atoms with Crippen molar-refractivity contribution in [2.45, 2.75) is 6.42 Å². The highest BCUT2D eigenvalue weighted by Gasteiger charge is 1.99. The van der Waals surface area contributed by atoms with Crippen LogP contribution in [0.25, 0.3) is 0 Å². The van der Waals surface area contributed by atoms with E-state index in [9.17, 15) is 0 Å². The van der Waals surface area contributed by atoms with Crippen LogP contribution in [0.15, 0.2) is 16.7 Å². The quantitative estimate of drug-likeness (QED) is 0.600. The first-order chi connectivity index (χ1) is 4.34. The summed E-state index contributed by atoms with van der Waals surface area (Å²) in [5.74, 6) is 0. The van der Waals surface area contributed by atoms with E-state index in [2.05, 4.69) is 0 Å². The predicted octanol–water partition coefficient (Wildman–Crippen LogP) is 2.00. The van der Waals surface area contributed by atoms with Gasteiger partial charge in [0, 0.05) is 5.56 Å². The van der Waals surface area contributed by atoms with Gasteiger partial charge >= 0.3 is 0 Å². The first-order valence-electron chi connectivity index (χ1n) is 2.43. The van der Waals surface area contributed by atoms with Gasteiger partial charge in [-0.2, -0.15) is 5.26 Å². The van der Waals surface area contributed by atoms with Gasteiger partial charge in [0.05, 0.1) is 18.8 Å². The summed E-state index contributed by atoms with van der Waals surface area (Å²) in [6, 6.07) is 3.65. The van der Waals surface area contributed by atoms with Crippen molar-refractivity contribution >= 4 is 11.6 Å². The van der Waals surface area contributed by atoms with E-state index >= 15 is 0 Å².